The van der Waals surface area contributed by atoms with Crippen molar-refractivity contribution >= 4 is 12.2 Å². The van der Waals surface area contributed by atoms with Crippen LogP contribution in [0.15, 0.2) is 14.0 Å². The Morgan fingerprint density at radius 3 is 2.42 bits per heavy atom. The van der Waals surface area contributed by atoms with E-state index >= 15 is 0 Å². The molecule has 0 aromatic carbocycles. The maximum absolute atomic E-state index is 11.1. The number of hydrogen-bond donors (Lipinski definition) is 1. The molecule has 0 aliphatic rings. The fraction of sp³-hybridized carbons (Fsp3) is 0.250. The Labute approximate surface area is 67.9 Å². The first-order valence-electron chi connectivity index (χ1n) is 3.55. The van der Waals surface area contributed by atoms with Gasteiger partial charge in [-0.15, -0.1) is 0 Å². The summed E-state index contributed by atoms with van der Waals surface area (Å²) in [5, 5.41) is 0.386. The van der Waals surface area contributed by atoms with Gasteiger partial charge >= 0.3 is 5.76 Å². The Bertz CT molecular complexity index is 492. The van der Waals surface area contributed by atoms with Gasteiger partial charge in [-0.3, -0.25) is 9.78 Å². The fourth-order valence-electron chi connectivity index (χ4n) is 0.940. The molecule has 0 saturated carbocycles. The first kappa shape index (κ1) is 8.52. The minimum absolute atomic E-state index is 0.311. The van der Waals surface area contributed by atoms with Crippen molar-refractivity contribution in [3.05, 3.63) is 31.5 Å². The van der Waals surface area contributed by atoms with E-state index in [-0.39, 0.29) is 0 Å². The van der Waals surface area contributed by atoms with Gasteiger partial charge in [0.1, 0.15) is 5.42 Å². The quantitative estimate of drug-likeness (QED) is 0.535. The van der Waals surface area contributed by atoms with Gasteiger partial charge in [-0.25, -0.2) is 4.79 Å². The number of aromatic nitrogens is 1. The van der Waals surface area contributed by atoms with E-state index in [2.05, 4.69) is 0 Å². The highest BCUT2D eigenvalue weighted by molar-refractivity contribution is 5.21. The number of aromatic amines is 1. The van der Waals surface area contributed by atoms with Crippen molar-refractivity contribution < 1.29 is 4.42 Å². The summed E-state index contributed by atoms with van der Waals surface area (Å²) in [6.07, 6.45) is 3.17. The van der Waals surface area contributed by atoms with Crippen molar-refractivity contribution in [1.82, 2.24) is 4.98 Å². The molecule has 64 valence electrons. The van der Waals surface area contributed by atoms with Crippen LogP contribution in [0.3, 0.4) is 0 Å². The molecule has 0 fully saturated rings. The van der Waals surface area contributed by atoms with Crippen LogP contribution in [-0.4, -0.2) is 4.98 Å². The second-order valence-corrected chi connectivity index (χ2v) is 2.20. The van der Waals surface area contributed by atoms with Gasteiger partial charge in [0.25, 0.3) is 5.56 Å². The molecule has 0 saturated heterocycles. The largest absolute Gasteiger partial charge is 0.419 e. The maximum Gasteiger partial charge on any atom is 0.419 e. The highest BCUT2D eigenvalue weighted by Crippen LogP contribution is 1.55. The summed E-state index contributed by atoms with van der Waals surface area (Å²) in [5.74, 6) is -0.723. The van der Waals surface area contributed by atoms with Crippen molar-refractivity contribution in [2.24, 2.45) is 0 Å². The molecule has 1 N–H and O–H groups in total. The molecule has 0 radical (unpaired) electrons. The zero-order valence-electron chi connectivity index (χ0n) is 6.88. The highest BCUT2D eigenvalue weighted by atomic mass is 16.4. The van der Waals surface area contributed by atoms with Crippen molar-refractivity contribution in [2.45, 2.75) is 13.8 Å². The van der Waals surface area contributed by atoms with Crippen LogP contribution in [0, 0.1) is 0 Å². The molecule has 0 unspecified atom stereocenters. The minimum atomic E-state index is -0.723. The SMILES string of the molecule is C/C=c1/oc(=O)[nH]c(=O)/c1=C/C. The average Bonchev–Trinajstić information content (AvgIpc) is 2.03. The molecule has 0 atom stereocenters. The number of H-pyrrole nitrogens is 1. The van der Waals surface area contributed by atoms with Crippen molar-refractivity contribution in [3.8, 4) is 0 Å². The van der Waals surface area contributed by atoms with E-state index < -0.39 is 11.3 Å². The van der Waals surface area contributed by atoms with Gasteiger partial charge in [0.15, 0.2) is 0 Å². The molecule has 4 nitrogen and oxygen atoms in total. The summed E-state index contributed by atoms with van der Waals surface area (Å²) in [7, 11) is 0. The second kappa shape index (κ2) is 3.21. The molecule has 1 aromatic rings. The Morgan fingerprint density at radius 1 is 1.25 bits per heavy atom. The van der Waals surface area contributed by atoms with Gasteiger partial charge in [0, 0.05) is 0 Å². The minimum Gasteiger partial charge on any atom is -0.410 e. The van der Waals surface area contributed by atoms with E-state index in [1.807, 2.05) is 4.98 Å². The van der Waals surface area contributed by atoms with Crippen LogP contribution in [0.2, 0.25) is 0 Å². The molecular weight excluding hydrogens is 158 g/mol. The third kappa shape index (κ3) is 1.37. The molecule has 0 bridgehead atoms. The first-order chi connectivity index (χ1) is 5.69. The monoisotopic (exact) mass is 167 g/mol. The molecule has 4 heteroatoms. The van der Waals surface area contributed by atoms with E-state index in [1.165, 1.54) is 0 Å². The number of hydrogen-bond acceptors (Lipinski definition) is 3. The molecule has 12 heavy (non-hydrogen) atoms. The Morgan fingerprint density at radius 2 is 1.92 bits per heavy atom. The van der Waals surface area contributed by atoms with Crippen molar-refractivity contribution in [2.75, 3.05) is 0 Å². The van der Waals surface area contributed by atoms with Crippen molar-refractivity contribution in [1.29, 1.82) is 0 Å². The zero-order chi connectivity index (χ0) is 9.14. The van der Waals surface area contributed by atoms with Gasteiger partial charge < -0.3 is 4.42 Å². The van der Waals surface area contributed by atoms with E-state index in [4.69, 9.17) is 4.42 Å². The van der Waals surface area contributed by atoms with E-state index in [9.17, 15) is 9.59 Å². The van der Waals surface area contributed by atoms with E-state index in [0.717, 1.165) is 0 Å². The summed E-state index contributed by atoms with van der Waals surface area (Å²) in [4.78, 5) is 23.8. The topological polar surface area (TPSA) is 63.1 Å². The Hall–Kier alpha value is -1.58. The molecule has 1 heterocycles. The summed E-state index contributed by atoms with van der Waals surface area (Å²) in [6.45, 7) is 3.41. The van der Waals surface area contributed by atoms with Crippen LogP contribution in [0.1, 0.15) is 13.8 Å². The lowest BCUT2D eigenvalue weighted by Gasteiger charge is -1.85. The fourth-order valence-corrected chi connectivity index (χ4v) is 0.940. The lowest BCUT2D eigenvalue weighted by Crippen LogP contribution is -2.44. The standard InChI is InChI=1S/C8H9NO3/c1-3-5-6(4-2)12-8(11)9-7(5)10/h3-4H,1-2H3,(H,9,10,11)/b5-3+,6-4+. The third-order valence-electron chi connectivity index (χ3n) is 1.48. The summed E-state index contributed by atoms with van der Waals surface area (Å²) in [6, 6.07) is 0. The summed E-state index contributed by atoms with van der Waals surface area (Å²) < 4.78 is 4.73. The average molecular weight is 167 g/mol. The number of nitrogens with one attached hydrogen (secondary N) is 1. The lowest BCUT2D eigenvalue weighted by molar-refractivity contribution is 0.443. The third-order valence-corrected chi connectivity index (χ3v) is 1.48. The van der Waals surface area contributed by atoms with Gasteiger partial charge in [0.2, 0.25) is 0 Å². The molecular formula is C8H9NO3. The molecule has 0 amide bonds. The van der Waals surface area contributed by atoms with Crippen LogP contribution in [-0.2, 0) is 0 Å². The molecule has 0 spiro atoms. The second-order valence-electron chi connectivity index (χ2n) is 2.20. The molecule has 1 aromatic heterocycles. The van der Waals surface area contributed by atoms with Gasteiger partial charge in [-0.1, -0.05) is 6.08 Å². The molecule has 0 aliphatic heterocycles. The van der Waals surface area contributed by atoms with Gasteiger partial charge in [0.05, 0.1) is 5.22 Å². The predicted molar refractivity (Wildman–Crippen MR) is 45.1 cm³/mol. The van der Waals surface area contributed by atoms with Crippen LogP contribution >= 0.6 is 0 Å². The van der Waals surface area contributed by atoms with Gasteiger partial charge in [-0.2, -0.15) is 0 Å². The normalized spacial score (nSPS) is 13.8. The van der Waals surface area contributed by atoms with Crippen LogP contribution < -0.4 is 21.9 Å². The molecule has 0 aliphatic carbocycles. The van der Waals surface area contributed by atoms with Crippen LogP contribution in [0.4, 0.5) is 0 Å². The first-order valence-corrected chi connectivity index (χ1v) is 3.55. The predicted octanol–water partition coefficient (Wildman–Crippen LogP) is -1.07. The Kier molecular flexibility index (Phi) is 2.28. The molecule has 1 rings (SSSR count). The zero-order valence-corrected chi connectivity index (χ0v) is 6.88. The smallest absolute Gasteiger partial charge is 0.410 e. The van der Waals surface area contributed by atoms with Crippen LogP contribution in [0.25, 0.3) is 12.2 Å². The highest BCUT2D eigenvalue weighted by Gasteiger charge is 1.93. The van der Waals surface area contributed by atoms with Crippen LogP contribution in [0.5, 0.6) is 0 Å². The van der Waals surface area contributed by atoms with Crippen molar-refractivity contribution in [3.63, 3.8) is 0 Å². The Balaban J connectivity index is 3.96. The van der Waals surface area contributed by atoms with E-state index in [1.54, 1.807) is 26.0 Å². The summed E-state index contributed by atoms with van der Waals surface area (Å²) in [5.41, 5.74) is -0.104. The van der Waals surface area contributed by atoms with E-state index in [0.29, 0.717) is 10.6 Å². The summed E-state index contributed by atoms with van der Waals surface area (Å²) >= 11 is 0. The maximum atomic E-state index is 11.1. The van der Waals surface area contributed by atoms with Gasteiger partial charge in [-0.05, 0) is 19.9 Å². The number of rotatable bonds is 0. The lowest BCUT2D eigenvalue weighted by atomic mass is 10.4.